The van der Waals surface area contributed by atoms with Crippen LogP contribution in [0.1, 0.15) is 11.7 Å². The highest BCUT2D eigenvalue weighted by molar-refractivity contribution is 5.42. The molecule has 0 fully saturated rings. The number of benzene rings is 1. The van der Waals surface area contributed by atoms with E-state index in [1.807, 2.05) is 0 Å². The van der Waals surface area contributed by atoms with Crippen LogP contribution in [0.2, 0.25) is 0 Å². The zero-order valence-electron chi connectivity index (χ0n) is 8.29. The van der Waals surface area contributed by atoms with Crippen LogP contribution in [0.5, 0.6) is 11.5 Å². The maximum Gasteiger partial charge on any atom is 0.141 e. The van der Waals surface area contributed by atoms with Crippen LogP contribution >= 0.6 is 0 Å². The molecule has 0 saturated carbocycles. The fourth-order valence-corrected chi connectivity index (χ4v) is 1.20. The van der Waals surface area contributed by atoms with Crippen molar-refractivity contribution in [1.82, 2.24) is 0 Å². The third kappa shape index (κ3) is 2.14. The number of halogens is 1. The van der Waals surface area contributed by atoms with E-state index in [-0.39, 0.29) is 6.54 Å². The molecule has 0 radical (unpaired) electrons. The molecule has 3 nitrogen and oxygen atoms in total. The van der Waals surface area contributed by atoms with Gasteiger partial charge in [-0.05, 0) is 12.1 Å². The summed E-state index contributed by atoms with van der Waals surface area (Å²) in [5.41, 5.74) is 5.69. The minimum atomic E-state index is -1.20. The van der Waals surface area contributed by atoms with Gasteiger partial charge in [0, 0.05) is 18.2 Å². The van der Waals surface area contributed by atoms with Crippen LogP contribution in [0.15, 0.2) is 18.2 Å². The Hall–Kier alpha value is -1.29. The van der Waals surface area contributed by atoms with Crippen molar-refractivity contribution in [2.75, 3.05) is 20.8 Å². The maximum atomic E-state index is 13.3. The first-order chi connectivity index (χ1) is 6.72. The lowest BCUT2D eigenvalue weighted by Gasteiger charge is -2.12. The lowest BCUT2D eigenvalue weighted by atomic mass is 10.1. The van der Waals surface area contributed by atoms with E-state index < -0.39 is 6.17 Å². The lowest BCUT2D eigenvalue weighted by Crippen LogP contribution is -2.08. The van der Waals surface area contributed by atoms with E-state index in [9.17, 15) is 4.39 Å². The topological polar surface area (TPSA) is 44.5 Å². The average Bonchev–Trinajstić information content (AvgIpc) is 2.27. The van der Waals surface area contributed by atoms with E-state index in [2.05, 4.69) is 0 Å². The predicted molar refractivity (Wildman–Crippen MR) is 52.4 cm³/mol. The van der Waals surface area contributed by atoms with E-state index in [0.717, 1.165) is 0 Å². The number of rotatable bonds is 4. The first kappa shape index (κ1) is 10.8. The molecule has 1 aromatic carbocycles. The predicted octanol–water partition coefficient (Wildman–Crippen LogP) is 1.67. The second kappa shape index (κ2) is 4.81. The summed E-state index contributed by atoms with van der Waals surface area (Å²) in [6, 6.07) is 4.94. The zero-order chi connectivity index (χ0) is 10.6. The molecule has 0 aliphatic carbocycles. The van der Waals surface area contributed by atoms with Crippen molar-refractivity contribution >= 4 is 0 Å². The Balaban J connectivity index is 3.04. The average molecular weight is 199 g/mol. The Bertz CT molecular complexity index is 304. The van der Waals surface area contributed by atoms with E-state index in [1.54, 1.807) is 25.3 Å². The van der Waals surface area contributed by atoms with Gasteiger partial charge in [-0.25, -0.2) is 4.39 Å². The molecule has 1 atom stereocenters. The Labute approximate surface area is 82.6 Å². The van der Waals surface area contributed by atoms with E-state index in [1.165, 1.54) is 7.11 Å². The van der Waals surface area contributed by atoms with Gasteiger partial charge in [0.15, 0.2) is 0 Å². The standard InChI is InChI=1S/C10H14FNO2/c1-13-7-3-4-8(9(11)6-12)10(5-7)14-2/h3-5,9H,6,12H2,1-2H3. The molecule has 0 saturated heterocycles. The summed E-state index contributed by atoms with van der Waals surface area (Å²) in [4.78, 5) is 0. The SMILES string of the molecule is COc1ccc(C(F)CN)c(OC)c1. The molecule has 0 aromatic heterocycles. The second-order valence-electron chi connectivity index (χ2n) is 2.81. The summed E-state index contributed by atoms with van der Waals surface area (Å²) in [6.07, 6.45) is -1.20. The molecule has 0 aliphatic rings. The van der Waals surface area contributed by atoms with Gasteiger partial charge in [-0.2, -0.15) is 0 Å². The Morgan fingerprint density at radius 1 is 1.36 bits per heavy atom. The number of alkyl halides is 1. The minimum absolute atomic E-state index is 0.0529. The summed E-state index contributed by atoms with van der Waals surface area (Å²) in [5, 5.41) is 0. The summed E-state index contributed by atoms with van der Waals surface area (Å²) in [6.45, 7) is -0.0529. The number of ether oxygens (including phenoxy) is 2. The number of methoxy groups -OCH3 is 2. The molecule has 1 unspecified atom stereocenters. The largest absolute Gasteiger partial charge is 0.497 e. The molecule has 0 heterocycles. The Kier molecular flexibility index (Phi) is 3.71. The van der Waals surface area contributed by atoms with Gasteiger partial charge in [0.05, 0.1) is 14.2 Å². The van der Waals surface area contributed by atoms with Crippen molar-refractivity contribution in [2.45, 2.75) is 6.17 Å². The lowest BCUT2D eigenvalue weighted by molar-refractivity contribution is 0.329. The van der Waals surface area contributed by atoms with Gasteiger partial charge in [-0.1, -0.05) is 0 Å². The highest BCUT2D eigenvalue weighted by Crippen LogP contribution is 2.30. The number of hydrogen-bond donors (Lipinski definition) is 1. The van der Waals surface area contributed by atoms with Crippen molar-refractivity contribution in [2.24, 2.45) is 5.73 Å². The van der Waals surface area contributed by atoms with Gasteiger partial charge in [0.25, 0.3) is 0 Å². The van der Waals surface area contributed by atoms with Crippen molar-refractivity contribution in [3.63, 3.8) is 0 Å². The Morgan fingerprint density at radius 2 is 2.07 bits per heavy atom. The van der Waals surface area contributed by atoms with E-state index in [0.29, 0.717) is 17.1 Å². The quantitative estimate of drug-likeness (QED) is 0.802. The van der Waals surface area contributed by atoms with Crippen molar-refractivity contribution in [3.8, 4) is 11.5 Å². The molecule has 4 heteroatoms. The van der Waals surface area contributed by atoms with Crippen LogP contribution in [0.4, 0.5) is 4.39 Å². The van der Waals surface area contributed by atoms with Gasteiger partial charge in [-0.3, -0.25) is 0 Å². The fourth-order valence-electron chi connectivity index (χ4n) is 1.20. The number of nitrogens with two attached hydrogens (primary N) is 1. The van der Waals surface area contributed by atoms with E-state index in [4.69, 9.17) is 15.2 Å². The van der Waals surface area contributed by atoms with Crippen LogP contribution in [0, 0.1) is 0 Å². The highest BCUT2D eigenvalue weighted by Gasteiger charge is 2.13. The van der Waals surface area contributed by atoms with Gasteiger partial charge >= 0.3 is 0 Å². The minimum Gasteiger partial charge on any atom is -0.497 e. The van der Waals surface area contributed by atoms with Crippen molar-refractivity contribution < 1.29 is 13.9 Å². The molecule has 0 spiro atoms. The van der Waals surface area contributed by atoms with Crippen LogP contribution in [0.25, 0.3) is 0 Å². The monoisotopic (exact) mass is 199 g/mol. The zero-order valence-corrected chi connectivity index (χ0v) is 8.29. The summed E-state index contributed by atoms with van der Waals surface area (Å²) < 4.78 is 23.3. The van der Waals surface area contributed by atoms with Crippen LogP contribution < -0.4 is 15.2 Å². The fraction of sp³-hybridized carbons (Fsp3) is 0.400. The smallest absolute Gasteiger partial charge is 0.141 e. The van der Waals surface area contributed by atoms with Crippen molar-refractivity contribution in [1.29, 1.82) is 0 Å². The third-order valence-electron chi connectivity index (χ3n) is 1.99. The van der Waals surface area contributed by atoms with Crippen LogP contribution in [-0.2, 0) is 0 Å². The Morgan fingerprint density at radius 3 is 2.57 bits per heavy atom. The molecule has 1 aromatic rings. The molecule has 0 amide bonds. The normalized spacial score (nSPS) is 12.3. The first-order valence-corrected chi connectivity index (χ1v) is 4.29. The van der Waals surface area contributed by atoms with Gasteiger partial charge < -0.3 is 15.2 Å². The molecule has 78 valence electrons. The van der Waals surface area contributed by atoms with Crippen molar-refractivity contribution in [3.05, 3.63) is 23.8 Å². The van der Waals surface area contributed by atoms with Gasteiger partial charge in [0.1, 0.15) is 17.7 Å². The van der Waals surface area contributed by atoms with E-state index >= 15 is 0 Å². The van der Waals surface area contributed by atoms with Gasteiger partial charge in [0.2, 0.25) is 0 Å². The maximum absolute atomic E-state index is 13.3. The van der Waals surface area contributed by atoms with Crippen LogP contribution in [-0.4, -0.2) is 20.8 Å². The van der Waals surface area contributed by atoms with Gasteiger partial charge in [-0.15, -0.1) is 0 Å². The summed E-state index contributed by atoms with van der Waals surface area (Å²) >= 11 is 0. The molecular formula is C10H14FNO2. The second-order valence-corrected chi connectivity index (χ2v) is 2.81. The molecule has 0 aliphatic heterocycles. The summed E-state index contributed by atoms with van der Waals surface area (Å²) in [5.74, 6) is 1.09. The number of hydrogen-bond acceptors (Lipinski definition) is 3. The third-order valence-corrected chi connectivity index (χ3v) is 1.99. The summed E-state index contributed by atoms with van der Waals surface area (Å²) in [7, 11) is 3.03. The molecule has 14 heavy (non-hydrogen) atoms. The molecular weight excluding hydrogens is 185 g/mol. The highest BCUT2D eigenvalue weighted by atomic mass is 19.1. The molecule has 2 N–H and O–H groups in total. The molecule has 0 bridgehead atoms. The molecule has 1 rings (SSSR count). The van der Waals surface area contributed by atoms with Crippen LogP contribution in [0.3, 0.4) is 0 Å². The first-order valence-electron chi connectivity index (χ1n) is 4.29.